The number of anilines is 1. The Morgan fingerprint density at radius 2 is 2.13 bits per heavy atom. The highest BCUT2D eigenvalue weighted by Crippen LogP contribution is 2.42. The molecule has 2 N–H and O–H groups in total. The number of hydrogen-bond acceptors (Lipinski definition) is 5. The molecule has 0 aliphatic carbocycles. The van der Waals surface area contributed by atoms with Crippen LogP contribution in [0.15, 0.2) is 17.1 Å². The molecule has 23 heavy (non-hydrogen) atoms. The Balaban J connectivity index is 1.62. The maximum Gasteiger partial charge on any atom is 0.154 e. The fraction of sp³-hybridized carbons (Fsp3) is 0.625. The fourth-order valence-electron chi connectivity index (χ4n) is 3.92. The summed E-state index contributed by atoms with van der Waals surface area (Å²) in [5, 5.41) is 0. The number of nitrogens with zero attached hydrogens (tertiary/aromatic N) is 4. The largest absolute Gasteiger partial charge is 0.376 e. The predicted molar refractivity (Wildman–Crippen MR) is 92.7 cm³/mol. The SMILES string of the molecule is Cc1nc(N2CCC3(CC2)CO[C@@H](C)C3N)c2cncn2c1Br. The summed E-state index contributed by atoms with van der Waals surface area (Å²) < 4.78 is 8.82. The Morgan fingerprint density at radius 1 is 1.39 bits per heavy atom. The quantitative estimate of drug-likeness (QED) is 0.821. The lowest BCUT2D eigenvalue weighted by Crippen LogP contribution is -2.50. The molecule has 2 fully saturated rings. The molecule has 1 unspecified atom stereocenters. The summed E-state index contributed by atoms with van der Waals surface area (Å²) in [5.74, 6) is 1.01. The van der Waals surface area contributed by atoms with Gasteiger partial charge >= 0.3 is 0 Å². The Labute approximate surface area is 144 Å². The molecule has 2 saturated heterocycles. The molecule has 0 amide bonds. The molecule has 2 atom stereocenters. The zero-order valence-corrected chi connectivity index (χ0v) is 15.1. The van der Waals surface area contributed by atoms with E-state index in [-0.39, 0.29) is 17.6 Å². The van der Waals surface area contributed by atoms with Gasteiger partial charge in [0.15, 0.2) is 5.82 Å². The number of hydrogen-bond donors (Lipinski definition) is 1. The van der Waals surface area contributed by atoms with Crippen molar-refractivity contribution < 1.29 is 4.74 Å². The molecule has 0 aromatic carbocycles. The standard InChI is InChI=1S/C16H22BrN5O/c1-10-14(17)22-9-19-7-12(22)15(20-10)21-5-3-16(4-6-21)8-23-11(2)13(16)18/h7,9,11,13H,3-6,8,18H2,1-2H3/t11-,13?/m0/s1. The van der Waals surface area contributed by atoms with Gasteiger partial charge in [0, 0.05) is 24.5 Å². The van der Waals surface area contributed by atoms with Crippen molar-refractivity contribution in [3.63, 3.8) is 0 Å². The maximum absolute atomic E-state index is 6.41. The number of aryl methyl sites for hydroxylation is 1. The summed E-state index contributed by atoms with van der Waals surface area (Å²) in [6.07, 6.45) is 5.97. The van der Waals surface area contributed by atoms with Gasteiger partial charge < -0.3 is 15.4 Å². The van der Waals surface area contributed by atoms with Gasteiger partial charge in [0.2, 0.25) is 0 Å². The van der Waals surface area contributed by atoms with E-state index in [4.69, 9.17) is 15.5 Å². The molecule has 4 heterocycles. The van der Waals surface area contributed by atoms with Crippen LogP contribution < -0.4 is 10.6 Å². The Hall–Kier alpha value is -1.18. The van der Waals surface area contributed by atoms with Crippen LogP contribution in [0.5, 0.6) is 0 Å². The first-order chi connectivity index (χ1) is 11.0. The van der Waals surface area contributed by atoms with Crippen molar-refractivity contribution in [3.05, 3.63) is 22.8 Å². The van der Waals surface area contributed by atoms with Gasteiger partial charge in [-0.15, -0.1) is 0 Å². The van der Waals surface area contributed by atoms with E-state index in [0.717, 1.165) is 54.2 Å². The van der Waals surface area contributed by atoms with Crippen LogP contribution >= 0.6 is 15.9 Å². The topological polar surface area (TPSA) is 68.7 Å². The van der Waals surface area contributed by atoms with Gasteiger partial charge in [0.1, 0.15) is 16.4 Å². The molecule has 2 aromatic rings. The highest BCUT2D eigenvalue weighted by Gasteiger charge is 2.47. The normalized spacial score (nSPS) is 27.2. The van der Waals surface area contributed by atoms with Crippen molar-refractivity contribution in [2.45, 2.75) is 38.8 Å². The molecule has 124 valence electrons. The molecule has 2 aromatic heterocycles. The summed E-state index contributed by atoms with van der Waals surface area (Å²) in [7, 11) is 0. The molecular formula is C16H22BrN5O. The molecule has 2 aliphatic heterocycles. The smallest absolute Gasteiger partial charge is 0.154 e. The molecule has 0 saturated carbocycles. The van der Waals surface area contributed by atoms with Crippen molar-refractivity contribution in [2.24, 2.45) is 11.1 Å². The van der Waals surface area contributed by atoms with Gasteiger partial charge in [-0.05, 0) is 42.6 Å². The van der Waals surface area contributed by atoms with Crippen molar-refractivity contribution in [3.8, 4) is 0 Å². The summed E-state index contributed by atoms with van der Waals surface area (Å²) in [6.45, 7) is 6.80. The van der Waals surface area contributed by atoms with Crippen LogP contribution in [0.25, 0.3) is 5.52 Å². The van der Waals surface area contributed by atoms with Crippen LogP contribution in [0, 0.1) is 12.3 Å². The lowest BCUT2D eigenvalue weighted by Gasteiger charge is -2.41. The third kappa shape index (κ3) is 2.28. The van der Waals surface area contributed by atoms with E-state index < -0.39 is 0 Å². The molecular weight excluding hydrogens is 358 g/mol. The van der Waals surface area contributed by atoms with Crippen molar-refractivity contribution in [2.75, 3.05) is 24.6 Å². The highest BCUT2D eigenvalue weighted by molar-refractivity contribution is 9.10. The van der Waals surface area contributed by atoms with Gasteiger partial charge in [0.05, 0.1) is 24.6 Å². The summed E-state index contributed by atoms with van der Waals surface area (Å²) in [6, 6.07) is 0.138. The summed E-state index contributed by atoms with van der Waals surface area (Å²) in [5.41, 5.74) is 8.56. The minimum absolute atomic E-state index is 0.136. The van der Waals surface area contributed by atoms with Crippen LogP contribution in [0.2, 0.25) is 0 Å². The first-order valence-corrected chi connectivity index (χ1v) is 8.91. The second kappa shape index (κ2) is 5.43. The van der Waals surface area contributed by atoms with E-state index in [2.05, 4.69) is 37.1 Å². The number of rotatable bonds is 1. The number of aromatic nitrogens is 3. The van der Waals surface area contributed by atoms with Crippen LogP contribution in [-0.2, 0) is 4.74 Å². The van der Waals surface area contributed by atoms with Gasteiger partial charge in [-0.3, -0.25) is 4.40 Å². The van der Waals surface area contributed by atoms with Crippen molar-refractivity contribution in [1.82, 2.24) is 14.4 Å². The van der Waals surface area contributed by atoms with E-state index in [0.29, 0.717) is 0 Å². The number of fused-ring (bicyclic) bond motifs is 1. The molecule has 0 radical (unpaired) electrons. The molecule has 0 bridgehead atoms. The van der Waals surface area contributed by atoms with Gasteiger partial charge in [-0.2, -0.15) is 0 Å². The number of halogens is 1. The minimum Gasteiger partial charge on any atom is -0.376 e. The predicted octanol–water partition coefficient (Wildman–Crippen LogP) is 2.13. The van der Waals surface area contributed by atoms with Crippen molar-refractivity contribution >= 4 is 27.3 Å². The monoisotopic (exact) mass is 379 g/mol. The van der Waals surface area contributed by atoms with Gasteiger partial charge in [-0.1, -0.05) is 0 Å². The van der Waals surface area contributed by atoms with Crippen LogP contribution in [-0.4, -0.2) is 46.2 Å². The zero-order chi connectivity index (χ0) is 16.2. The maximum atomic E-state index is 6.41. The van der Waals surface area contributed by atoms with E-state index in [1.807, 2.05) is 19.4 Å². The molecule has 1 spiro atoms. The first kappa shape index (κ1) is 15.4. The van der Waals surface area contributed by atoms with Crippen LogP contribution in [0.1, 0.15) is 25.5 Å². The van der Waals surface area contributed by atoms with Crippen LogP contribution in [0.4, 0.5) is 5.82 Å². The third-order valence-corrected chi connectivity index (χ3v) is 6.51. The average molecular weight is 380 g/mol. The Morgan fingerprint density at radius 3 is 2.78 bits per heavy atom. The van der Waals surface area contributed by atoms with Gasteiger partial charge in [0.25, 0.3) is 0 Å². The van der Waals surface area contributed by atoms with Crippen LogP contribution in [0.3, 0.4) is 0 Å². The summed E-state index contributed by atoms with van der Waals surface area (Å²) >= 11 is 3.59. The Bertz CT molecular complexity index is 737. The number of piperidine rings is 1. The van der Waals surface area contributed by atoms with E-state index >= 15 is 0 Å². The first-order valence-electron chi connectivity index (χ1n) is 8.12. The van der Waals surface area contributed by atoms with E-state index in [9.17, 15) is 0 Å². The Kier molecular flexibility index (Phi) is 3.62. The molecule has 2 aliphatic rings. The molecule has 7 heteroatoms. The third-order valence-electron chi connectivity index (χ3n) is 5.56. The fourth-order valence-corrected chi connectivity index (χ4v) is 4.29. The minimum atomic E-state index is 0.136. The van der Waals surface area contributed by atoms with Gasteiger partial charge in [-0.25, -0.2) is 9.97 Å². The molecule has 4 rings (SSSR count). The number of imidazole rings is 1. The second-order valence-corrected chi connectivity index (χ2v) is 7.60. The average Bonchev–Trinajstić information content (AvgIpc) is 3.14. The van der Waals surface area contributed by atoms with E-state index in [1.165, 1.54) is 0 Å². The number of nitrogens with two attached hydrogens (primary N) is 1. The van der Waals surface area contributed by atoms with E-state index in [1.54, 1.807) is 0 Å². The lowest BCUT2D eigenvalue weighted by molar-refractivity contribution is 0.0974. The van der Waals surface area contributed by atoms with Crippen molar-refractivity contribution in [1.29, 1.82) is 0 Å². The lowest BCUT2D eigenvalue weighted by atomic mass is 9.73. The molecule has 6 nitrogen and oxygen atoms in total. The highest BCUT2D eigenvalue weighted by atomic mass is 79.9. The second-order valence-electron chi connectivity index (χ2n) is 6.85. The zero-order valence-electron chi connectivity index (χ0n) is 13.5. The summed E-state index contributed by atoms with van der Waals surface area (Å²) in [4.78, 5) is 11.4. The number of ether oxygens (including phenoxy) is 1.